The van der Waals surface area contributed by atoms with E-state index in [2.05, 4.69) is 0 Å². The van der Waals surface area contributed by atoms with Crippen LogP contribution in [0.15, 0.2) is 63.2 Å². The monoisotopic (exact) mass is 403 g/mol. The standard InChI is InChI=1S/C15H14ClNO6S2/c1-10(15(18)19)17-25(22,23)14-4-2-3-13(9-14)24(20,21)12-7-5-11(16)6-8-12/h2-10,17H,1H3,(H,18,19)/t10-/m1/s1. The molecule has 0 unspecified atom stereocenters. The molecular formula is C15H14ClNO6S2. The first kappa shape index (κ1) is 19.4. The van der Waals surface area contributed by atoms with Crippen molar-refractivity contribution in [3.05, 3.63) is 53.6 Å². The van der Waals surface area contributed by atoms with Crippen molar-refractivity contribution in [3.8, 4) is 0 Å². The van der Waals surface area contributed by atoms with E-state index in [0.717, 1.165) is 13.0 Å². The van der Waals surface area contributed by atoms with Crippen LogP contribution in [0, 0.1) is 0 Å². The number of rotatable bonds is 6. The fraction of sp³-hybridized carbons (Fsp3) is 0.133. The Morgan fingerprint density at radius 1 is 1.00 bits per heavy atom. The Balaban J connectivity index is 2.45. The number of halogens is 1. The van der Waals surface area contributed by atoms with E-state index in [9.17, 15) is 21.6 Å². The smallest absolute Gasteiger partial charge is 0.321 e. The van der Waals surface area contributed by atoms with Crippen LogP contribution in [0.25, 0.3) is 0 Å². The van der Waals surface area contributed by atoms with Gasteiger partial charge in [-0.1, -0.05) is 17.7 Å². The normalized spacial score (nSPS) is 13.4. The largest absolute Gasteiger partial charge is 0.480 e. The van der Waals surface area contributed by atoms with Gasteiger partial charge in [0.1, 0.15) is 6.04 Å². The van der Waals surface area contributed by atoms with Gasteiger partial charge in [0.2, 0.25) is 19.9 Å². The van der Waals surface area contributed by atoms with Crippen LogP contribution in [-0.4, -0.2) is 34.0 Å². The maximum absolute atomic E-state index is 12.6. The van der Waals surface area contributed by atoms with Gasteiger partial charge in [0.05, 0.1) is 14.7 Å². The molecule has 1 atom stereocenters. The van der Waals surface area contributed by atoms with Crippen LogP contribution in [0.2, 0.25) is 5.02 Å². The molecule has 0 radical (unpaired) electrons. The number of aliphatic carboxylic acids is 1. The van der Waals surface area contributed by atoms with Gasteiger partial charge in [0.25, 0.3) is 0 Å². The molecule has 2 aromatic rings. The molecule has 0 heterocycles. The van der Waals surface area contributed by atoms with Crippen molar-refractivity contribution in [2.24, 2.45) is 0 Å². The summed E-state index contributed by atoms with van der Waals surface area (Å²) < 4.78 is 51.6. The molecule has 7 nitrogen and oxygen atoms in total. The number of hydrogen-bond acceptors (Lipinski definition) is 5. The molecular weight excluding hydrogens is 390 g/mol. The number of carboxylic acid groups (broad SMARTS) is 1. The van der Waals surface area contributed by atoms with E-state index in [4.69, 9.17) is 16.7 Å². The lowest BCUT2D eigenvalue weighted by Crippen LogP contribution is -2.38. The van der Waals surface area contributed by atoms with Crippen molar-refractivity contribution in [1.29, 1.82) is 0 Å². The van der Waals surface area contributed by atoms with E-state index >= 15 is 0 Å². The maximum Gasteiger partial charge on any atom is 0.321 e. The van der Waals surface area contributed by atoms with Crippen LogP contribution in [0.1, 0.15) is 6.92 Å². The Bertz CT molecular complexity index is 1000. The first-order valence-corrected chi connectivity index (χ1v) is 10.2. The summed E-state index contributed by atoms with van der Waals surface area (Å²) in [6.07, 6.45) is 0. The molecule has 0 spiro atoms. The number of carboxylic acids is 1. The highest BCUT2D eigenvalue weighted by Gasteiger charge is 2.24. The van der Waals surface area contributed by atoms with Crippen molar-refractivity contribution >= 4 is 37.4 Å². The van der Waals surface area contributed by atoms with Crippen molar-refractivity contribution in [1.82, 2.24) is 4.72 Å². The second-order valence-electron chi connectivity index (χ2n) is 5.11. The molecule has 0 aliphatic heterocycles. The minimum atomic E-state index is -4.19. The minimum absolute atomic E-state index is 0.0432. The van der Waals surface area contributed by atoms with Crippen LogP contribution in [-0.2, 0) is 24.7 Å². The van der Waals surface area contributed by atoms with Crippen molar-refractivity contribution in [3.63, 3.8) is 0 Å². The fourth-order valence-corrected chi connectivity index (χ4v) is 4.66. The predicted octanol–water partition coefficient (Wildman–Crippen LogP) is 1.92. The van der Waals surface area contributed by atoms with E-state index in [1.807, 2.05) is 4.72 Å². The Morgan fingerprint density at radius 3 is 2.12 bits per heavy atom. The van der Waals surface area contributed by atoms with Crippen LogP contribution in [0.4, 0.5) is 0 Å². The molecule has 0 saturated heterocycles. The molecule has 0 aliphatic rings. The first-order valence-electron chi connectivity index (χ1n) is 6.90. The second kappa shape index (κ2) is 7.12. The van der Waals surface area contributed by atoms with E-state index in [0.29, 0.717) is 5.02 Å². The molecule has 0 fully saturated rings. The van der Waals surface area contributed by atoms with Gasteiger partial charge in [-0.2, -0.15) is 4.72 Å². The average molecular weight is 404 g/mol. The zero-order valence-corrected chi connectivity index (χ0v) is 15.3. The number of sulfonamides is 1. The van der Waals surface area contributed by atoms with Crippen molar-refractivity contribution < 1.29 is 26.7 Å². The molecule has 2 aromatic carbocycles. The van der Waals surface area contributed by atoms with Gasteiger partial charge in [0, 0.05) is 5.02 Å². The highest BCUT2D eigenvalue weighted by Crippen LogP contribution is 2.24. The molecule has 10 heteroatoms. The lowest BCUT2D eigenvalue weighted by Gasteiger charge is -2.11. The number of nitrogens with one attached hydrogen (secondary N) is 1. The second-order valence-corrected chi connectivity index (χ2v) is 9.21. The van der Waals surface area contributed by atoms with E-state index in [1.54, 1.807) is 0 Å². The topological polar surface area (TPSA) is 118 Å². The first-order chi connectivity index (χ1) is 11.5. The van der Waals surface area contributed by atoms with Crippen LogP contribution >= 0.6 is 11.6 Å². The fourth-order valence-electron chi connectivity index (χ4n) is 1.91. The van der Waals surface area contributed by atoms with Crippen molar-refractivity contribution in [2.75, 3.05) is 0 Å². The summed E-state index contributed by atoms with van der Waals surface area (Å²) in [6, 6.07) is 8.75. The summed E-state index contributed by atoms with van der Waals surface area (Å²) in [5.41, 5.74) is 0. The third-order valence-electron chi connectivity index (χ3n) is 3.25. The minimum Gasteiger partial charge on any atom is -0.480 e. The summed E-state index contributed by atoms with van der Waals surface area (Å²) in [4.78, 5) is 10.2. The summed E-state index contributed by atoms with van der Waals surface area (Å²) in [7, 11) is -8.14. The Morgan fingerprint density at radius 2 is 1.56 bits per heavy atom. The maximum atomic E-state index is 12.6. The van der Waals surface area contributed by atoms with Gasteiger partial charge in [-0.05, 0) is 49.4 Å². The third-order valence-corrected chi connectivity index (χ3v) is 6.81. The van der Waals surface area contributed by atoms with Crippen LogP contribution < -0.4 is 4.72 Å². The molecule has 0 saturated carbocycles. The van der Waals surface area contributed by atoms with Gasteiger partial charge in [0.15, 0.2) is 0 Å². The number of benzene rings is 2. The molecule has 2 rings (SSSR count). The Labute approximate surface area is 150 Å². The van der Waals surface area contributed by atoms with Gasteiger partial charge >= 0.3 is 5.97 Å². The molecule has 2 N–H and O–H groups in total. The molecule has 0 bridgehead atoms. The van der Waals surface area contributed by atoms with Crippen LogP contribution in [0.5, 0.6) is 0 Å². The average Bonchev–Trinajstić information content (AvgIpc) is 2.55. The summed E-state index contributed by atoms with van der Waals surface area (Å²) in [5, 5.41) is 9.18. The third kappa shape index (κ3) is 4.37. The Hall–Kier alpha value is -1.94. The van der Waals surface area contributed by atoms with Gasteiger partial charge in [-0.15, -0.1) is 0 Å². The van der Waals surface area contributed by atoms with E-state index in [-0.39, 0.29) is 14.7 Å². The van der Waals surface area contributed by atoms with Crippen LogP contribution in [0.3, 0.4) is 0 Å². The Kier molecular flexibility index (Phi) is 5.52. The predicted molar refractivity (Wildman–Crippen MR) is 90.8 cm³/mol. The highest BCUT2D eigenvalue weighted by atomic mass is 35.5. The number of sulfone groups is 1. The molecule has 0 aliphatic carbocycles. The lowest BCUT2D eigenvalue weighted by molar-refractivity contribution is -0.138. The molecule has 134 valence electrons. The SMILES string of the molecule is C[C@@H](NS(=O)(=O)c1cccc(S(=O)(=O)c2ccc(Cl)cc2)c1)C(=O)O. The highest BCUT2D eigenvalue weighted by molar-refractivity contribution is 7.91. The molecule has 0 amide bonds. The van der Waals surface area contributed by atoms with Gasteiger partial charge in [-0.25, -0.2) is 16.8 Å². The number of carbonyl (C=O) groups is 1. The molecule has 25 heavy (non-hydrogen) atoms. The molecule has 0 aromatic heterocycles. The quantitative estimate of drug-likeness (QED) is 0.760. The van der Waals surface area contributed by atoms with E-state index in [1.165, 1.54) is 42.5 Å². The van der Waals surface area contributed by atoms with Gasteiger partial charge < -0.3 is 5.11 Å². The lowest BCUT2D eigenvalue weighted by atomic mass is 10.4. The summed E-state index contributed by atoms with van der Waals surface area (Å²) in [6.45, 7) is 1.16. The van der Waals surface area contributed by atoms with Crippen molar-refractivity contribution in [2.45, 2.75) is 27.7 Å². The summed E-state index contributed by atoms with van der Waals surface area (Å²) in [5.74, 6) is -1.35. The zero-order valence-electron chi connectivity index (χ0n) is 12.9. The zero-order chi connectivity index (χ0) is 18.8. The van der Waals surface area contributed by atoms with Gasteiger partial charge in [-0.3, -0.25) is 4.79 Å². The van der Waals surface area contributed by atoms with E-state index < -0.39 is 31.9 Å². The summed E-state index contributed by atoms with van der Waals surface area (Å²) >= 11 is 5.74. The number of hydrogen-bond donors (Lipinski definition) is 2.